The fraction of sp³-hybridized carbons (Fsp3) is 0.250. The predicted octanol–water partition coefficient (Wildman–Crippen LogP) is 12.4. The molecule has 0 unspecified atom stereocenters. The number of aryl methyl sites for hydroxylation is 3. The molecule has 1 saturated carbocycles. The van der Waals surface area contributed by atoms with Crippen molar-refractivity contribution >= 4 is 0 Å². The Hall–Kier alpha value is -4.18. The molecule has 0 radical (unpaired) electrons. The SMILES string of the molecule is Cc1ccc(-c2ccc(-c3ccc(C)cc3)c(F)c2F)cc1.Cc1ccc(-c2ccc(C3CCC(C)CC3)cc2)c(F)c1F.[HH]. The zero-order chi connectivity index (χ0) is 31.4. The highest BCUT2D eigenvalue weighted by atomic mass is 19.2. The lowest BCUT2D eigenvalue weighted by atomic mass is 9.79. The van der Waals surface area contributed by atoms with Crippen molar-refractivity contribution in [3.05, 3.63) is 143 Å². The van der Waals surface area contributed by atoms with Crippen molar-refractivity contribution in [2.45, 2.75) is 59.3 Å². The molecule has 0 aromatic heterocycles. The van der Waals surface area contributed by atoms with Crippen molar-refractivity contribution in [2.24, 2.45) is 5.92 Å². The van der Waals surface area contributed by atoms with Gasteiger partial charge < -0.3 is 0 Å². The predicted molar refractivity (Wildman–Crippen MR) is 176 cm³/mol. The second kappa shape index (κ2) is 13.6. The number of hydrogen-bond acceptors (Lipinski definition) is 0. The lowest BCUT2D eigenvalue weighted by Crippen LogP contribution is -2.10. The Morgan fingerprint density at radius 1 is 0.455 bits per heavy atom. The molecule has 0 spiro atoms. The summed E-state index contributed by atoms with van der Waals surface area (Å²) in [6.07, 6.45) is 5.02. The van der Waals surface area contributed by atoms with Crippen LogP contribution in [0.4, 0.5) is 17.6 Å². The summed E-state index contributed by atoms with van der Waals surface area (Å²) < 4.78 is 56.7. The quantitative estimate of drug-likeness (QED) is 0.181. The van der Waals surface area contributed by atoms with E-state index in [2.05, 4.69) is 19.1 Å². The lowest BCUT2D eigenvalue weighted by molar-refractivity contribution is 0.348. The smallest absolute Gasteiger partial charge is 0.167 e. The Morgan fingerprint density at radius 3 is 1.25 bits per heavy atom. The lowest BCUT2D eigenvalue weighted by Gasteiger charge is -2.26. The van der Waals surface area contributed by atoms with Crippen molar-refractivity contribution in [3.8, 4) is 33.4 Å². The summed E-state index contributed by atoms with van der Waals surface area (Å²) >= 11 is 0. The first-order valence-electron chi connectivity index (χ1n) is 15.3. The highest BCUT2D eigenvalue weighted by molar-refractivity contribution is 5.72. The summed E-state index contributed by atoms with van der Waals surface area (Å²) in [5, 5.41) is 0. The van der Waals surface area contributed by atoms with Crippen LogP contribution >= 0.6 is 0 Å². The molecule has 1 fully saturated rings. The van der Waals surface area contributed by atoms with E-state index in [1.54, 1.807) is 55.5 Å². The average molecular weight is 597 g/mol. The van der Waals surface area contributed by atoms with Crippen LogP contribution in [0, 0.1) is 50.0 Å². The molecule has 0 saturated heterocycles. The third-order valence-electron chi connectivity index (χ3n) is 8.79. The van der Waals surface area contributed by atoms with E-state index in [4.69, 9.17) is 0 Å². The maximum atomic E-state index is 14.4. The third-order valence-corrected chi connectivity index (χ3v) is 8.79. The van der Waals surface area contributed by atoms with Crippen LogP contribution in [0.15, 0.2) is 97.1 Å². The monoisotopic (exact) mass is 596 g/mol. The zero-order valence-electron chi connectivity index (χ0n) is 25.7. The van der Waals surface area contributed by atoms with Crippen molar-refractivity contribution in [1.82, 2.24) is 0 Å². The Bertz CT molecular complexity index is 1650. The average Bonchev–Trinajstić information content (AvgIpc) is 3.03. The van der Waals surface area contributed by atoms with Crippen LogP contribution in [0.2, 0.25) is 0 Å². The van der Waals surface area contributed by atoms with Gasteiger partial charge in [-0.05, 0) is 73.3 Å². The molecular weight excluding hydrogens is 556 g/mol. The van der Waals surface area contributed by atoms with E-state index in [9.17, 15) is 17.6 Å². The molecule has 6 rings (SSSR count). The van der Waals surface area contributed by atoms with E-state index in [1.165, 1.54) is 31.2 Å². The molecule has 44 heavy (non-hydrogen) atoms. The molecule has 0 aliphatic heterocycles. The normalized spacial score (nSPS) is 16.3. The van der Waals surface area contributed by atoms with Gasteiger partial charge in [0.2, 0.25) is 0 Å². The standard InChI is InChI=1S/C20H16F2.C20H22F2.H2/c1-13-3-7-15(8-4-13)17-11-12-18(20(22)19(17)21)16-9-5-14(2)6-10-16;1-13-3-6-15(7-4-13)16-8-10-17(11-9-16)18-12-5-14(2)19(21)20(18)22;/h3-12H,1-2H3;5,8-13,15H,3-4,6-7H2,1-2H3;1H. The summed E-state index contributed by atoms with van der Waals surface area (Å²) in [5.41, 5.74) is 6.84. The largest absolute Gasteiger partial charge is 0.203 e. The number of hydrogen-bond donors (Lipinski definition) is 0. The van der Waals surface area contributed by atoms with Gasteiger partial charge in [-0.2, -0.15) is 0 Å². The third kappa shape index (κ3) is 6.96. The van der Waals surface area contributed by atoms with Gasteiger partial charge in [-0.25, -0.2) is 17.6 Å². The van der Waals surface area contributed by atoms with Crippen LogP contribution in [0.1, 0.15) is 62.2 Å². The van der Waals surface area contributed by atoms with Gasteiger partial charge in [0, 0.05) is 18.1 Å². The van der Waals surface area contributed by atoms with Gasteiger partial charge in [-0.3, -0.25) is 0 Å². The second-order valence-corrected chi connectivity index (χ2v) is 12.2. The maximum absolute atomic E-state index is 14.4. The Balaban J connectivity index is 0.000000200. The molecule has 228 valence electrons. The van der Waals surface area contributed by atoms with Crippen molar-refractivity contribution < 1.29 is 19.0 Å². The fourth-order valence-corrected chi connectivity index (χ4v) is 5.86. The fourth-order valence-electron chi connectivity index (χ4n) is 5.86. The summed E-state index contributed by atoms with van der Waals surface area (Å²) in [6.45, 7) is 7.81. The first-order valence-corrected chi connectivity index (χ1v) is 15.3. The summed E-state index contributed by atoms with van der Waals surface area (Å²) in [6, 6.07) is 29.3. The number of rotatable bonds is 4. The second-order valence-electron chi connectivity index (χ2n) is 12.2. The summed E-state index contributed by atoms with van der Waals surface area (Å²) in [7, 11) is 0. The molecule has 5 aromatic carbocycles. The van der Waals surface area contributed by atoms with Gasteiger partial charge in [0.05, 0.1) is 0 Å². The van der Waals surface area contributed by atoms with Gasteiger partial charge >= 0.3 is 0 Å². The highest BCUT2D eigenvalue weighted by Gasteiger charge is 2.20. The molecule has 1 aliphatic rings. The van der Waals surface area contributed by atoms with E-state index < -0.39 is 23.3 Å². The van der Waals surface area contributed by atoms with Gasteiger partial charge in [0.1, 0.15) is 0 Å². The molecule has 0 heterocycles. The van der Waals surface area contributed by atoms with Gasteiger partial charge in [0.25, 0.3) is 0 Å². The minimum atomic E-state index is -0.804. The van der Waals surface area contributed by atoms with E-state index in [1.807, 2.05) is 50.2 Å². The Kier molecular flexibility index (Phi) is 9.68. The van der Waals surface area contributed by atoms with E-state index in [0.717, 1.165) is 22.6 Å². The minimum Gasteiger partial charge on any atom is -0.203 e. The molecule has 1 aliphatic carbocycles. The molecule has 0 bridgehead atoms. The van der Waals surface area contributed by atoms with Crippen LogP contribution in [-0.2, 0) is 0 Å². The first-order chi connectivity index (χ1) is 21.1. The van der Waals surface area contributed by atoms with Crippen LogP contribution in [0.3, 0.4) is 0 Å². The molecular formula is C40H40F4. The van der Waals surface area contributed by atoms with Crippen LogP contribution in [0.25, 0.3) is 33.4 Å². The van der Waals surface area contributed by atoms with Crippen molar-refractivity contribution in [3.63, 3.8) is 0 Å². The Morgan fingerprint density at radius 2 is 0.818 bits per heavy atom. The Labute approximate surface area is 259 Å². The number of halogens is 4. The van der Waals surface area contributed by atoms with E-state index in [0.29, 0.717) is 28.2 Å². The van der Waals surface area contributed by atoms with Crippen LogP contribution in [0.5, 0.6) is 0 Å². The molecule has 0 N–H and O–H groups in total. The van der Waals surface area contributed by atoms with Crippen molar-refractivity contribution in [2.75, 3.05) is 0 Å². The van der Waals surface area contributed by atoms with E-state index in [-0.39, 0.29) is 12.6 Å². The topological polar surface area (TPSA) is 0 Å². The highest BCUT2D eigenvalue weighted by Crippen LogP contribution is 2.37. The molecule has 5 aromatic rings. The summed E-state index contributed by atoms with van der Waals surface area (Å²) in [4.78, 5) is 0. The van der Waals surface area contributed by atoms with Crippen LogP contribution in [-0.4, -0.2) is 0 Å². The molecule has 0 amide bonds. The maximum Gasteiger partial charge on any atom is 0.167 e. The van der Waals surface area contributed by atoms with Gasteiger partial charge in [0.15, 0.2) is 23.3 Å². The molecule has 4 heteroatoms. The molecule has 0 nitrogen and oxygen atoms in total. The van der Waals surface area contributed by atoms with Crippen molar-refractivity contribution in [1.29, 1.82) is 0 Å². The van der Waals surface area contributed by atoms with E-state index >= 15 is 0 Å². The first kappa shape index (κ1) is 31.3. The zero-order valence-corrected chi connectivity index (χ0v) is 25.7. The van der Waals surface area contributed by atoms with Gasteiger partial charge in [-0.1, -0.05) is 128 Å². The summed E-state index contributed by atoms with van der Waals surface area (Å²) in [5.74, 6) is -1.66. The van der Waals surface area contributed by atoms with Crippen LogP contribution < -0.4 is 0 Å². The number of benzene rings is 5. The van der Waals surface area contributed by atoms with Gasteiger partial charge in [-0.15, -0.1) is 0 Å². The minimum absolute atomic E-state index is 0. The molecule has 0 atom stereocenters.